The molecule has 0 bridgehead atoms. The third-order valence-electron chi connectivity index (χ3n) is 3.71. The molecular formula is C18H35NO4. The van der Waals surface area contributed by atoms with Gasteiger partial charge in [0.1, 0.15) is 6.04 Å². The fourth-order valence-electron chi connectivity index (χ4n) is 2.30. The average molecular weight is 329 g/mol. The van der Waals surface area contributed by atoms with Gasteiger partial charge in [0.25, 0.3) is 0 Å². The van der Waals surface area contributed by atoms with Crippen molar-refractivity contribution < 1.29 is 19.1 Å². The first-order chi connectivity index (χ1) is 11.1. The Labute approximate surface area is 141 Å². The van der Waals surface area contributed by atoms with Crippen molar-refractivity contribution in [3.05, 3.63) is 0 Å². The fraction of sp³-hybridized carbons (Fsp3) is 0.889. The summed E-state index contributed by atoms with van der Waals surface area (Å²) in [6.45, 7) is 6.25. The van der Waals surface area contributed by atoms with Crippen molar-refractivity contribution in [2.75, 3.05) is 13.2 Å². The quantitative estimate of drug-likeness (QED) is 0.374. The number of alkyl carbamates (subject to hydrolysis) is 1. The highest BCUT2D eigenvalue weighted by molar-refractivity contribution is 5.80. The van der Waals surface area contributed by atoms with Crippen LogP contribution in [0.4, 0.5) is 4.79 Å². The van der Waals surface area contributed by atoms with Crippen LogP contribution in [0.25, 0.3) is 0 Å². The molecule has 5 heteroatoms. The number of esters is 1. The summed E-state index contributed by atoms with van der Waals surface area (Å²) in [5, 5.41) is 2.43. The van der Waals surface area contributed by atoms with Crippen molar-refractivity contribution in [2.24, 2.45) is 0 Å². The minimum Gasteiger partial charge on any atom is -0.464 e. The van der Waals surface area contributed by atoms with Gasteiger partial charge in [0, 0.05) is 0 Å². The third-order valence-corrected chi connectivity index (χ3v) is 3.71. The van der Waals surface area contributed by atoms with Crippen LogP contribution in [-0.2, 0) is 14.3 Å². The zero-order valence-electron chi connectivity index (χ0n) is 15.2. The second kappa shape index (κ2) is 15.6. The molecular weight excluding hydrogens is 294 g/mol. The molecule has 0 fully saturated rings. The van der Waals surface area contributed by atoms with E-state index < -0.39 is 18.1 Å². The Bertz CT molecular complexity index is 307. The van der Waals surface area contributed by atoms with Gasteiger partial charge in [-0.05, 0) is 20.3 Å². The summed E-state index contributed by atoms with van der Waals surface area (Å²) in [4.78, 5) is 22.8. The summed E-state index contributed by atoms with van der Waals surface area (Å²) in [7, 11) is 0. The van der Waals surface area contributed by atoms with Crippen molar-refractivity contribution in [3.8, 4) is 0 Å². The number of nitrogens with one attached hydrogen (secondary N) is 1. The zero-order chi connectivity index (χ0) is 17.3. The molecule has 0 radical (unpaired) electrons. The predicted octanol–water partition coefficient (Wildman–Crippen LogP) is 4.59. The molecule has 0 heterocycles. The average Bonchev–Trinajstić information content (AvgIpc) is 2.52. The van der Waals surface area contributed by atoms with Crippen LogP contribution in [0, 0.1) is 0 Å². The summed E-state index contributed by atoms with van der Waals surface area (Å²) >= 11 is 0. The van der Waals surface area contributed by atoms with E-state index >= 15 is 0 Å². The molecule has 0 aliphatic heterocycles. The van der Waals surface area contributed by atoms with E-state index in [0.717, 1.165) is 12.8 Å². The number of unbranched alkanes of at least 4 members (excludes halogenated alkanes) is 9. The van der Waals surface area contributed by atoms with Crippen LogP contribution in [0.1, 0.15) is 85.0 Å². The predicted molar refractivity (Wildman–Crippen MR) is 92.4 cm³/mol. The topological polar surface area (TPSA) is 64.6 Å². The molecule has 136 valence electrons. The van der Waals surface area contributed by atoms with Crippen LogP contribution in [0.15, 0.2) is 0 Å². The van der Waals surface area contributed by atoms with Gasteiger partial charge in [0.2, 0.25) is 0 Å². The van der Waals surface area contributed by atoms with Crippen molar-refractivity contribution in [1.82, 2.24) is 5.32 Å². The Morgan fingerprint density at radius 3 is 1.87 bits per heavy atom. The van der Waals surface area contributed by atoms with E-state index in [1.165, 1.54) is 51.4 Å². The lowest BCUT2D eigenvalue weighted by molar-refractivity contribution is -0.145. The highest BCUT2D eigenvalue weighted by Crippen LogP contribution is 2.10. The highest BCUT2D eigenvalue weighted by Gasteiger charge is 2.17. The van der Waals surface area contributed by atoms with E-state index in [2.05, 4.69) is 12.2 Å². The lowest BCUT2D eigenvalue weighted by Gasteiger charge is -2.13. The van der Waals surface area contributed by atoms with Crippen LogP contribution in [-0.4, -0.2) is 31.3 Å². The van der Waals surface area contributed by atoms with Crippen LogP contribution >= 0.6 is 0 Å². The number of amides is 1. The molecule has 1 atom stereocenters. The highest BCUT2D eigenvalue weighted by atomic mass is 16.6. The SMILES string of the molecule is CCCCCCCCCCCCOC(=O)[C@H](C)NC(=O)OCC. The van der Waals surface area contributed by atoms with Gasteiger partial charge in [0.15, 0.2) is 0 Å². The minimum absolute atomic E-state index is 0.284. The monoisotopic (exact) mass is 329 g/mol. The maximum Gasteiger partial charge on any atom is 0.407 e. The van der Waals surface area contributed by atoms with Crippen molar-refractivity contribution in [1.29, 1.82) is 0 Å². The largest absolute Gasteiger partial charge is 0.464 e. The summed E-state index contributed by atoms with van der Waals surface area (Å²) in [6.07, 6.45) is 11.9. The fourth-order valence-corrected chi connectivity index (χ4v) is 2.30. The molecule has 1 N–H and O–H groups in total. The number of hydrogen-bond acceptors (Lipinski definition) is 4. The van der Waals surface area contributed by atoms with Crippen LogP contribution < -0.4 is 5.32 Å². The lowest BCUT2D eigenvalue weighted by Crippen LogP contribution is -2.39. The summed E-state index contributed by atoms with van der Waals surface area (Å²) in [5.74, 6) is -0.408. The molecule has 0 saturated carbocycles. The molecule has 1 amide bonds. The maximum atomic E-state index is 11.7. The molecule has 0 spiro atoms. The zero-order valence-corrected chi connectivity index (χ0v) is 15.2. The van der Waals surface area contributed by atoms with E-state index in [-0.39, 0.29) is 6.61 Å². The van der Waals surface area contributed by atoms with Gasteiger partial charge < -0.3 is 14.8 Å². The summed E-state index contributed by atoms with van der Waals surface area (Å²) in [6, 6.07) is -0.669. The van der Waals surface area contributed by atoms with E-state index in [0.29, 0.717) is 6.61 Å². The molecule has 0 aliphatic carbocycles. The Kier molecular flexibility index (Phi) is 14.8. The Morgan fingerprint density at radius 1 is 0.826 bits per heavy atom. The van der Waals surface area contributed by atoms with Crippen molar-refractivity contribution in [3.63, 3.8) is 0 Å². The van der Waals surface area contributed by atoms with Crippen LogP contribution in [0.5, 0.6) is 0 Å². The molecule has 0 saturated heterocycles. The Morgan fingerprint density at radius 2 is 1.35 bits per heavy atom. The summed E-state index contributed by atoms with van der Waals surface area (Å²) in [5.41, 5.74) is 0. The van der Waals surface area contributed by atoms with Crippen LogP contribution in [0.2, 0.25) is 0 Å². The molecule has 0 aliphatic rings. The normalized spacial score (nSPS) is 11.8. The van der Waals surface area contributed by atoms with Crippen molar-refractivity contribution >= 4 is 12.1 Å². The lowest BCUT2D eigenvalue weighted by atomic mass is 10.1. The standard InChI is InChI=1S/C18H35NO4/c1-4-6-7-8-9-10-11-12-13-14-15-23-17(20)16(3)19-18(21)22-5-2/h16H,4-15H2,1-3H3,(H,19,21)/t16-/m0/s1. The minimum atomic E-state index is -0.669. The van der Waals surface area contributed by atoms with Gasteiger partial charge in [-0.3, -0.25) is 0 Å². The summed E-state index contributed by atoms with van der Waals surface area (Å²) < 4.78 is 9.86. The smallest absolute Gasteiger partial charge is 0.407 e. The number of hydrogen-bond donors (Lipinski definition) is 1. The number of carbonyl (C=O) groups excluding carboxylic acids is 2. The van der Waals surface area contributed by atoms with E-state index in [9.17, 15) is 9.59 Å². The first-order valence-corrected chi connectivity index (χ1v) is 9.21. The third kappa shape index (κ3) is 14.1. The van der Waals surface area contributed by atoms with Gasteiger partial charge in [0.05, 0.1) is 13.2 Å². The van der Waals surface area contributed by atoms with E-state index in [1.54, 1.807) is 13.8 Å². The molecule has 0 aromatic rings. The van der Waals surface area contributed by atoms with E-state index in [1.807, 2.05) is 0 Å². The maximum absolute atomic E-state index is 11.7. The first kappa shape index (κ1) is 21.7. The Hall–Kier alpha value is -1.26. The molecule has 0 rings (SSSR count). The van der Waals surface area contributed by atoms with Gasteiger partial charge in [-0.2, -0.15) is 0 Å². The molecule has 0 aromatic heterocycles. The molecule has 0 aromatic carbocycles. The van der Waals surface area contributed by atoms with Crippen LogP contribution in [0.3, 0.4) is 0 Å². The number of carbonyl (C=O) groups is 2. The second-order valence-electron chi connectivity index (χ2n) is 5.94. The molecule has 0 unspecified atom stereocenters. The molecule has 23 heavy (non-hydrogen) atoms. The number of ether oxygens (including phenoxy) is 2. The van der Waals surface area contributed by atoms with Crippen molar-refractivity contribution in [2.45, 2.75) is 91.0 Å². The first-order valence-electron chi connectivity index (χ1n) is 9.21. The van der Waals surface area contributed by atoms with Gasteiger partial charge in [-0.25, -0.2) is 9.59 Å². The molecule has 5 nitrogen and oxygen atoms in total. The van der Waals surface area contributed by atoms with Gasteiger partial charge in [-0.15, -0.1) is 0 Å². The number of rotatable bonds is 14. The van der Waals surface area contributed by atoms with E-state index in [4.69, 9.17) is 9.47 Å². The van der Waals surface area contributed by atoms with Gasteiger partial charge in [-0.1, -0.05) is 64.7 Å². The second-order valence-corrected chi connectivity index (χ2v) is 5.94. The van der Waals surface area contributed by atoms with Gasteiger partial charge >= 0.3 is 12.1 Å². The Balaban J connectivity index is 3.40.